The first-order valence-corrected chi connectivity index (χ1v) is 17.5. The zero-order valence-corrected chi connectivity index (χ0v) is 30.0. The van der Waals surface area contributed by atoms with Gasteiger partial charge in [-0.25, -0.2) is 14.8 Å². The summed E-state index contributed by atoms with van der Waals surface area (Å²) < 4.78 is 0. The van der Waals surface area contributed by atoms with E-state index in [0.29, 0.717) is 11.4 Å². The average Bonchev–Trinajstić information content (AvgIpc) is 3.37. The fourth-order valence-electron chi connectivity index (χ4n) is 5.56. The Morgan fingerprint density at radius 1 is 1.04 bits per heavy atom. The second kappa shape index (κ2) is 17.7. The lowest BCUT2D eigenvalue weighted by molar-refractivity contribution is -0.144. The minimum Gasteiger partial charge on any atom is -0.481 e. The van der Waals surface area contributed by atoms with Crippen LogP contribution in [0.1, 0.15) is 48.7 Å². The molecule has 5 atom stereocenters. The number of thioether (sulfide) groups is 1. The molecule has 0 spiro atoms. The molecule has 1 saturated heterocycles. The zero-order valence-electron chi connectivity index (χ0n) is 29.2. The van der Waals surface area contributed by atoms with Crippen LogP contribution in [0.5, 0.6) is 0 Å². The molecule has 23 heteroatoms. The Kier molecular flexibility index (Phi) is 13.4. The molecule has 13 N–H and O–H groups in total. The number of carbonyl (C=O) groups excluding carboxylic acids is 4. The molecule has 1 fully saturated rings. The molecule has 5 unspecified atom stereocenters. The summed E-state index contributed by atoms with van der Waals surface area (Å²) in [6.45, 7) is 1.15. The lowest BCUT2D eigenvalue weighted by atomic mass is 10.1. The van der Waals surface area contributed by atoms with Crippen LogP contribution in [0.4, 0.5) is 11.6 Å². The normalized spacial score (nSPS) is 18.3. The first kappa shape index (κ1) is 41.6. The summed E-state index contributed by atoms with van der Waals surface area (Å²) in [5.74, 6) is -7.30. The number of carbonyl (C=O) groups is 7. The van der Waals surface area contributed by atoms with Crippen molar-refractivity contribution in [2.24, 2.45) is 11.5 Å². The zero-order chi connectivity index (χ0) is 40.6. The highest BCUT2D eigenvalue weighted by Crippen LogP contribution is 2.42. The number of fused-ring (bicyclic) bond motifs is 1. The standard InChI is InChI=1S/C32H39N11O11S/c1-32(55-13-18(34)29(51)52)9-21(44)20(8-23(46)47)43(32)28(50)17(33)12-37-22(45)7-6-19(30(53)54)40-26(48)14-2-4-15(5-3-14)36-10-16-11-38-25-24(39-16)27(49)42-31(35)41-25/h2-5,11,17-20,36H,6-10,12-13,33-34H2,1H3,(H,37,45)(H,40,48)(H,46,47)(H,51,52)(H,53,54)(H3,35,38,41,42,49). The van der Waals surface area contributed by atoms with Crippen molar-refractivity contribution in [1.82, 2.24) is 35.5 Å². The van der Waals surface area contributed by atoms with Crippen molar-refractivity contribution in [3.8, 4) is 0 Å². The summed E-state index contributed by atoms with van der Waals surface area (Å²) in [5, 5.41) is 36.0. The SMILES string of the molecule is CC1(SCC(N)C(=O)O)CC(=O)C(CC(=O)O)N1C(=O)C(N)CNC(=O)CCC(NC(=O)c1ccc(NCc2cnc3nc(N)[nH]c(=O)c3n2)cc1)C(=O)O. The van der Waals surface area contributed by atoms with Gasteiger partial charge in [0.1, 0.15) is 24.2 Å². The number of hydrogen-bond acceptors (Lipinski definition) is 16. The maximum absolute atomic E-state index is 13.5. The molecule has 294 valence electrons. The van der Waals surface area contributed by atoms with Crippen molar-refractivity contribution in [1.29, 1.82) is 0 Å². The molecule has 0 aliphatic carbocycles. The molecular weight excluding hydrogens is 746 g/mol. The second-order valence-corrected chi connectivity index (χ2v) is 14.1. The largest absolute Gasteiger partial charge is 0.481 e. The van der Waals surface area contributed by atoms with Crippen molar-refractivity contribution in [2.45, 2.75) is 68.2 Å². The van der Waals surface area contributed by atoms with Gasteiger partial charge in [0.25, 0.3) is 11.5 Å². The van der Waals surface area contributed by atoms with Crippen LogP contribution in [0.25, 0.3) is 11.2 Å². The summed E-state index contributed by atoms with van der Waals surface area (Å²) in [4.78, 5) is 113. The number of nitrogens with two attached hydrogens (primary N) is 3. The maximum atomic E-state index is 13.5. The van der Waals surface area contributed by atoms with Gasteiger partial charge >= 0.3 is 17.9 Å². The molecular formula is C32H39N11O11S. The van der Waals surface area contributed by atoms with Crippen molar-refractivity contribution >= 4 is 76.0 Å². The average molecular weight is 786 g/mol. The van der Waals surface area contributed by atoms with E-state index in [9.17, 15) is 48.6 Å². The highest BCUT2D eigenvalue weighted by Gasteiger charge is 2.52. The lowest BCUT2D eigenvalue weighted by Gasteiger charge is -2.38. The van der Waals surface area contributed by atoms with E-state index < -0.39 is 95.4 Å². The van der Waals surface area contributed by atoms with Gasteiger partial charge in [-0.1, -0.05) is 0 Å². The van der Waals surface area contributed by atoms with E-state index in [-0.39, 0.29) is 47.8 Å². The number of amides is 3. The summed E-state index contributed by atoms with van der Waals surface area (Å²) in [5.41, 5.74) is 17.8. The van der Waals surface area contributed by atoms with E-state index in [1.165, 1.54) is 25.3 Å². The first-order valence-electron chi connectivity index (χ1n) is 16.5. The number of benzene rings is 1. The van der Waals surface area contributed by atoms with Crippen LogP contribution in [0.2, 0.25) is 0 Å². The van der Waals surface area contributed by atoms with Crippen LogP contribution in [0.15, 0.2) is 35.3 Å². The van der Waals surface area contributed by atoms with Crippen LogP contribution in [-0.2, 0) is 35.3 Å². The third kappa shape index (κ3) is 10.7. The number of nitrogens with zero attached hydrogens (tertiary/aromatic N) is 4. The van der Waals surface area contributed by atoms with Crippen molar-refractivity contribution < 1.29 is 48.9 Å². The summed E-state index contributed by atoms with van der Waals surface area (Å²) in [7, 11) is 0. The number of carboxylic acid groups (broad SMARTS) is 3. The van der Waals surface area contributed by atoms with Gasteiger partial charge in [-0.05, 0) is 37.6 Å². The molecule has 22 nitrogen and oxygen atoms in total. The molecule has 0 bridgehead atoms. The number of H-pyrrole nitrogens is 1. The minimum atomic E-state index is -1.48. The van der Waals surface area contributed by atoms with Crippen LogP contribution >= 0.6 is 11.8 Å². The Labute approximate surface area is 315 Å². The van der Waals surface area contributed by atoms with Gasteiger partial charge in [-0.2, -0.15) is 4.98 Å². The number of ketones is 1. The Morgan fingerprint density at radius 2 is 1.73 bits per heavy atom. The maximum Gasteiger partial charge on any atom is 0.326 e. The number of anilines is 2. The molecule has 3 heterocycles. The van der Waals surface area contributed by atoms with E-state index in [2.05, 4.69) is 35.9 Å². The van der Waals surface area contributed by atoms with Gasteiger partial charge in [0, 0.05) is 36.4 Å². The van der Waals surface area contributed by atoms with Gasteiger partial charge in [0.15, 0.2) is 16.9 Å². The fourth-order valence-corrected chi connectivity index (χ4v) is 6.84. The predicted octanol–water partition coefficient (Wildman–Crippen LogP) is -2.18. The van der Waals surface area contributed by atoms with Crippen LogP contribution in [0.3, 0.4) is 0 Å². The summed E-state index contributed by atoms with van der Waals surface area (Å²) in [6, 6.07) is 0.313. The van der Waals surface area contributed by atoms with Crippen LogP contribution < -0.4 is 38.7 Å². The van der Waals surface area contributed by atoms with E-state index in [4.69, 9.17) is 22.3 Å². The van der Waals surface area contributed by atoms with E-state index in [1.54, 1.807) is 12.1 Å². The quantitative estimate of drug-likeness (QED) is 0.0655. The Hall–Kier alpha value is -6.20. The highest BCUT2D eigenvalue weighted by molar-refractivity contribution is 8.00. The van der Waals surface area contributed by atoms with Gasteiger partial charge in [0.05, 0.1) is 29.7 Å². The highest BCUT2D eigenvalue weighted by atomic mass is 32.2. The number of nitrogen functional groups attached to an aromatic ring is 1. The second-order valence-electron chi connectivity index (χ2n) is 12.6. The van der Waals surface area contributed by atoms with E-state index >= 15 is 0 Å². The Bertz CT molecular complexity index is 2050. The Balaban J connectivity index is 1.29. The molecule has 1 aromatic carbocycles. The van der Waals surface area contributed by atoms with Crippen LogP contribution in [0, 0.1) is 0 Å². The Morgan fingerprint density at radius 3 is 2.36 bits per heavy atom. The van der Waals surface area contributed by atoms with E-state index in [0.717, 1.165) is 16.7 Å². The van der Waals surface area contributed by atoms with Gasteiger partial charge < -0.3 is 53.4 Å². The number of aromatic amines is 1. The monoisotopic (exact) mass is 785 g/mol. The van der Waals surface area contributed by atoms with Crippen molar-refractivity contribution in [3.05, 3.63) is 52.1 Å². The summed E-state index contributed by atoms with van der Waals surface area (Å²) >= 11 is 0.886. The molecule has 3 amide bonds. The molecule has 0 radical (unpaired) electrons. The number of Topliss-reactive ketones (excluding diaryl/α,β-unsaturated/α-hetero) is 1. The molecule has 1 aliphatic heterocycles. The molecule has 4 rings (SSSR count). The molecule has 55 heavy (non-hydrogen) atoms. The summed E-state index contributed by atoms with van der Waals surface area (Å²) in [6.07, 6.45) is -0.349. The van der Waals surface area contributed by atoms with Crippen molar-refractivity contribution in [3.63, 3.8) is 0 Å². The number of carboxylic acids is 3. The number of aromatic nitrogens is 4. The van der Waals surface area contributed by atoms with Gasteiger partial charge in [-0.3, -0.25) is 38.5 Å². The number of nitrogens with one attached hydrogen (secondary N) is 4. The number of rotatable bonds is 18. The predicted molar refractivity (Wildman–Crippen MR) is 194 cm³/mol. The molecule has 2 aromatic heterocycles. The van der Waals surface area contributed by atoms with Gasteiger partial charge in [0.2, 0.25) is 17.8 Å². The molecule has 1 aliphatic rings. The van der Waals surface area contributed by atoms with Crippen LogP contribution in [-0.4, -0.2) is 123 Å². The van der Waals surface area contributed by atoms with E-state index in [1.807, 2.05) is 0 Å². The molecule has 0 saturated carbocycles. The first-order chi connectivity index (χ1) is 25.9. The third-order valence-corrected chi connectivity index (χ3v) is 9.89. The fraction of sp³-hybridized carbons (Fsp3) is 0.406. The number of likely N-dealkylation sites (tertiary alicyclic amines) is 1. The minimum absolute atomic E-state index is 0.00885. The number of aliphatic carboxylic acids is 3. The number of hydrogen-bond donors (Lipinski definition) is 10. The lowest BCUT2D eigenvalue weighted by Crippen LogP contribution is -2.57. The third-order valence-electron chi connectivity index (χ3n) is 8.40. The topological polar surface area (TPSA) is 369 Å². The van der Waals surface area contributed by atoms with Gasteiger partial charge in [-0.15, -0.1) is 11.8 Å². The smallest absolute Gasteiger partial charge is 0.326 e. The molecule has 3 aromatic rings. The van der Waals surface area contributed by atoms with Crippen molar-refractivity contribution in [2.75, 3.05) is 23.3 Å².